The van der Waals surface area contributed by atoms with E-state index in [1.165, 1.54) is 41.4 Å². The second kappa shape index (κ2) is 10.5. The van der Waals surface area contributed by atoms with Gasteiger partial charge in [0, 0.05) is 11.1 Å². The third-order valence-corrected chi connectivity index (χ3v) is 7.74. The van der Waals surface area contributed by atoms with Gasteiger partial charge in [-0.2, -0.15) is 0 Å². The molecule has 1 N–H and O–H groups in total. The van der Waals surface area contributed by atoms with Crippen LogP contribution in [0.25, 0.3) is 0 Å². The van der Waals surface area contributed by atoms with Gasteiger partial charge in [0.1, 0.15) is 0 Å². The van der Waals surface area contributed by atoms with E-state index in [1.54, 1.807) is 24.3 Å². The number of nitrogens with zero attached hydrogens (tertiary/aromatic N) is 1. The summed E-state index contributed by atoms with van der Waals surface area (Å²) < 4.78 is 28.0. The number of hydrogen-bond donors (Lipinski definition) is 1. The number of carbonyl (C=O) groups excluding carboxylic acids is 1. The van der Waals surface area contributed by atoms with Crippen molar-refractivity contribution in [1.82, 2.24) is 5.32 Å². The van der Waals surface area contributed by atoms with Crippen molar-refractivity contribution >= 4 is 44.8 Å². The summed E-state index contributed by atoms with van der Waals surface area (Å²) in [6.07, 6.45) is 7.84. The Balaban J connectivity index is 1.91. The maximum Gasteiger partial charge on any atom is 0.264 e. The van der Waals surface area contributed by atoms with Crippen LogP contribution in [0, 0.1) is 0 Å². The van der Waals surface area contributed by atoms with Crippen molar-refractivity contribution in [3.8, 4) is 0 Å². The maximum atomic E-state index is 13.4. The zero-order chi connectivity index (χ0) is 22.4. The van der Waals surface area contributed by atoms with Crippen LogP contribution in [0.3, 0.4) is 0 Å². The Labute approximate surface area is 194 Å². The summed E-state index contributed by atoms with van der Waals surface area (Å²) in [5, 5.41) is 3.74. The minimum Gasteiger partial charge on any atom is -0.349 e. The van der Waals surface area contributed by atoms with Crippen LogP contribution in [0.15, 0.2) is 60.0 Å². The fourth-order valence-electron chi connectivity index (χ4n) is 3.72. The molecule has 1 amide bonds. The Kier molecular flexibility index (Phi) is 8.03. The lowest BCUT2D eigenvalue weighted by molar-refractivity contribution is 0.0933. The van der Waals surface area contributed by atoms with E-state index in [4.69, 9.17) is 23.2 Å². The summed E-state index contributed by atoms with van der Waals surface area (Å²) in [6.45, 7) is 3.73. The number of benzene rings is 2. The van der Waals surface area contributed by atoms with Crippen LogP contribution < -0.4 is 9.62 Å². The molecule has 166 valence electrons. The molecule has 0 heterocycles. The van der Waals surface area contributed by atoms with Crippen molar-refractivity contribution in [2.24, 2.45) is 0 Å². The molecule has 0 saturated heterocycles. The highest BCUT2D eigenvalue weighted by molar-refractivity contribution is 7.92. The standard InChI is InChI=1S/C23H26Cl2N2O3S/c1-2-15-27(19-11-9-17(24)10-12-19)31(29,30)20-13-14-22(25)21(16-20)23(28)26-18-7-5-3-4-6-8-18/h2,9-14,16,18H,1,3-8,15H2,(H,26,28). The highest BCUT2D eigenvalue weighted by atomic mass is 35.5. The van der Waals surface area contributed by atoms with E-state index >= 15 is 0 Å². The van der Waals surface area contributed by atoms with Crippen molar-refractivity contribution in [3.63, 3.8) is 0 Å². The van der Waals surface area contributed by atoms with Crippen molar-refractivity contribution in [3.05, 3.63) is 70.7 Å². The molecular formula is C23H26Cl2N2O3S. The van der Waals surface area contributed by atoms with E-state index in [0.717, 1.165) is 25.7 Å². The largest absolute Gasteiger partial charge is 0.349 e. The highest BCUT2D eigenvalue weighted by Gasteiger charge is 2.26. The van der Waals surface area contributed by atoms with Crippen molar-refractivity contribution in [2.45, 2.75) is 49.5 Å². The smallest absolute Gasteiger partial charge is 0.264 e. The van der Waals surface area contributed by atoms with Crippen LogP contribution in [0.5, 0.6) is 0 Å². The van der Waals surface area contributed by atoms with Crippen LogP contribution in [-0.4, -0.2) is 26.9 Å². The summed E-state index contributed by atoms with van der Waals surface area (Å²) >= 11 is 12.2. The second-order valence-electron chi connectivity index (χ2n) is 7.60. The zero-order valence-electron chi connectivity index (χ0n) is 17.2. The summed E-state index contributed by atoms with van der Waals surface area (Å²) in [5.41, 5.74) is 0.602. The first-order chi connectivity index (χ1) is 14.8. The van der Waals surface area contributed by atoms with Gasteiger partial charge < -0.3 is 5.32 Å². The molecule has 2 aromatic rings. The van der Waals surface area contributed by atoms with Gasteiger partial charge in [-0.1, -0.05) is 55.0 Å². The molecule has 0 spiro atoms. The van der Waals surface area contributed by atoms with Gasteiger partial charge >= 0.3 is 0 Å². The minimum atomic E-state index is -3.96. The van der Waals surface area contributed by atoms with Gasteiger partial charge in [0.05, 0.1) is 27.7 Å². The number of anilines is 1. The lowest BCUT2D eigenvalue weighted by atomic mass is 10.1. The van der Waals surface area contributed by atoms with Crippen LogP contribution in [-0.2, 0) is 10.0 Å². The Morgan fingerprint density at radius 2 is 1.71 bits per heavy atom. The molecule has 0 aliphatic heterocycles. The monoisotopic (exact) mass is 480 g/mol. The maximum absolute atomic E-state index is 13.4. The predicted molar refractivity (Wildman–Crippen MR) is 127 cm³/mol. The van der Waals surface area contributed by atoms with Gasteiger partial charge in [0.15, 0.2) is 0 Å². The van der Waals surface area contributed by atoms with Gasteiger partial charge in [-0.3, -0.25) is 9.10 Å². The van der Waals surface area contributed by atoms with Gasteiger partial charge in [0.25, 0.3) is 15.9 Å². The fourth-order valence-corrected chi connectivity index (χ4v) is 5.51. The first kappa shape index (κ1) is 23.6. The zero-order valence-corrected chi connectivity index (χ0v) is 19.5. The Morgan fingerprint density at radius 1 is 1.06 bits per heavy atom. The molecule has 8 heteroatoms. The molecule has 31 heavy (non-hydrogen) atoms. The predicted octanol–water partition coefficient (Wildman–Crippen LogP) is 5.83. The minimum absolute atomic E-state index is 0.0142. The van der Waals surface area contributed by atoms with E-state index in [2.05, 4.69) is 11.9 Å². The van der Waals surface area contributed by atoms with E-state index in [1.807, 2.05) is 0 Å². The van der Waals surface area contributed by atoms with E-state index in [0.29, 0.717) is 10.7 Å². The number of carbonyl (C=O) groups is 1. The van der Waals surface area contributed by atoms with Gasteiger partial charge in [-0.15, -0.1) is 6.58 Å². The molecular weight excluding hydrogens is 455 g/mol. The third kappa shape index (κ3) is 5.82. The normalized spacial score (nSPS) is 15.2. The topological polar surface area (TPSA) is 66.5 Å². The molecule has 0 unspecified atom stereocenters. The lowest BCUT2D eigenvalue weighted by Gasteiger charge is -2.24. The molecule has 1 fully saturated rings. The first-order valence-electron chi connectivity index (χ1n) is 10.3. The van der Waals surface area contributed by atoms with Gasteiger partial charge in [-0.25, -0.2) is 8.42 Å². The quantitative estimate of drug-likeness (QED) is 0.400. The number of amides is 1. The molecule has 1 saturated carbocycles. The highest BCUT2D eigenvalue weighted by Crippen LogP contribution is 2.28. The lowest BCUT2D eigenvalue weighted by Crippen LogP contribution is -2.35. The molecule has 0 bridgehead atoms. The molecule has 0 radical (unpaired) electrons. The number of nitrogens with one attached hydrogen (secondary N) is 1. The van der Waals surface area contributed by atoms with Crippen LogP contribution in [0.4, 0.5) is 5.69 Å². The van der Waals surface area contributed by atoms with Gasteiger partial charge in [0.2, 0.25) is 0 Å². The van der Waals surface area contributed by atoms with E-state index in [9.17, 15) is 13.2 Å². The summed E-state index contributed by atoms with van der Waals surface area (Å²) in [7, 11) is -3.96. The average molecular weight is 481 g/mol. The van der Waals surface area contributed by atoms with Crippen molar-refractivity contribution < 1.29 is 13.2 Å². The number of sulfonamides is 1. The SMILES string of the molecule is C=CCN(c1ccc(Cl)cc1)S(=O)(=O)c1ccc(Cl)c(C(=O)NC2CCCCCC2)c1. The van der Waals surface area contributed by atoms with E-state index in [-0.39, 0.29) is 34.0 Å². The Morgan fingerprint density at radius 3 is 2.32 bits per heavy atom. The van der Waals surface area contributed by atoms with E-state index < -0.39 is 10.0 Å². The van der Waals surface area contributed by atoms with Gasteiger partial charge in [-0.05, 0) is 55.3 Å². The number of halogens is 2. The molecule has 0 atom stereocenters. The first-order valence-corrected chi connectivity index (χ1v) is 12.5. The second-order valence-corrected chi connectivity index (χ2v) is 10.3. The number of rotatable bonds is 7. The third-order valence-electron chi connectivity index (χ3n) is 5.37. The summed E-state index contributed by atoms with van der Waals surface area (Å²) in [4.78, 5) is 12.9. The molecule has 3 rings (SSSR count). The molecule has 1 aliphatic rings. The Hall–Kier alpha value is -2.02. The van der Waals surface area contributed by atoms with Crippen molar-refractivity contribution in [2.75, 3.05) is 10.8 Å². The molecule has 0 aromatic heterocycles. The average Bonchev–Trinajstić information content (AvgIpc) is 3.01. The molecule has 1 aliphatic carbocycles. The molecule has 5 nitrogen and oxygen atoms in total. The summed E-state index contributed by atoms with van der Waals surface area (Å²) in [5.74, 6) is -0.351. The molecule has 2 aromatic carbocycles. The van der Waals surface area contributed by atoms with Crippen molar-refractivity contribution in [1.29, 1.82) is 0 Å². The number of hydrogen-bond acceptors (Lipinski definition) is 3. The summed E-state index contributed by atoms with van der Waals surface area (Å²) in [6, 6.07) is 10.8. The van der Waals surface area contributed by atoms with Crippen LogP contribution in [0.1, 0.15) is 48.9 Å². The van der Waals surface area contributed by atoms with Crippen LogP contribution in [0.2, 0.25) is 10.0 Å². The Bertz CT molecular complexity index is 1030. The van der Waals surface area contributed by atoms with Crippen LogP contribution >= 0.6 is 23.2 Å². The fraction of sp³-hybridized carbons (Fsp3) is 0.348.